The average molecular weight is 227 g/mol. The van der Waals surface area contributed by atoms with Crippen molar-refractivity contribution in [3.05, 3.63) is 40.9 Å². The molecule has 0 bridgehead atoms. The SMILES string of the molecule is C=C(Cl)COc1ccc([C@@H](C)O)cc1C. The van der Waals surface area contributed by atoms with Crippen LogP contribution in [0.5, 0.6) is 5.75 Å². The Labute approximate surface area is 95.1 Å². The summed E-state index contributed by atoms with van der Waals surface area (Å²) >= 11 is 5.60. The largest absolute Gasteiger partial charge is 0.488 e. The molecule has 2 nitrogen and oxygen atoms in total. The topological polar surface area (TPSA) is 29.5 Å². The third-order valence-electron chi connectivity index (χ3n) is 2.07. The fourth-order valence-corrected chi connectivity index (χ4v) is 1.31. The molecule has 0 aliphatic carbocycles. The van der Waals surface area contributed by atoms with Crippen molar-refractivity contribution in [1.29, 1.82) is 0 Å². The number of halogens is 1. The van der Waals surface area contributed by atoms with Crippen LogP contribution in [0.2, 0.25) is 0 Å². The van der Waals surface area contributed by atoms with Gasteiger partial charge in [-0.1, -0.05) is 24.2 Å². The van der Waals surface area contributed by atoms with Crippen LogP contribution < -0.4 is 4.74 Å². The van der Waals surface area contributed by atoms with Crippen molar-refractivity contribution in [2.45, 2.75) is 20.0 Å². The first-order chi connectivity index (χ1) is 7.00. The number of aliphatic hydroxyl groups is 1. The van der Waals surface area contributed by atoms with Crippen molar-refractivity contribution >= 4 is 11.6 Å². The van der Waals surface area contributed by atoms with Crippen molar-refractivity contribution in [2.75, 3.05) is 6.61 Å². The fourth-order valence-electron chi connectivity index (χ4n) is 1.25. The van der Waals surface area contributed by atoms with Crippen LogP contribution in [0.4, 0.5) is 0 Å². The molecule has 0 saturated carbocycles. The molecular formula is C12H15ClO2. The van der Waals surface area contributed by atoms with Crippen LogP contribution in [0.25, 0.3) is 0 Å². The third kappa shape index (κ3) is 3.57. The Morgan fingerprint density at radius 2 is 2.27 bits per heavy atom. The lowest BCUT2D eigenvalue weighted by Gasteiger charge is -2.11. The second kappa shape index (κ2) is 5.19. The van der Waals surface area contributed by atoms with E-state index >= 15 is 0 Å². The molecule has 0 aliphatic rings. The van der Waals surface area contributed by atoms with Gasteiger partial charge in [0.25, 0.3) is 0 Å². The van der Waals surface area contributed by atoms with Crippen molar-refractivity contribution in [1.82, 2.24) is 0 Å². The maximum absolute atomic E-state index is 9.38. The Morgan fingerprint density at radius 3 is 2.73 bits per heavy atom. The van der Waals surface area contributed by atoms with E-state index < -0.39 is 6.10 Å². The van der Waals surface area contributed by atoms with Crippen LogP contribution in [0.1, 0.15) is 24.2 Å². The molecule has 1 N–H and O–H groups in total. The van der Waals surface area contributed by atoms with Crippen molar-refractivity contribution < 1.29 is 9.84 Å². The Morgan fingerprint density at radius 1 is 1.60 bits per heavy atom. The second-order valence-electron chi connectivity index (χ2n) is 3.51. The second-order valence-corrected chi connectivity index (χ2v) is 4.04. The number of rotatable bonds is 4. The molecule has 0 spiro atoms. The normalized spacial score (nSPS) is 12.3. The van der Waals surface area contributed by atoms with Gasteiger partial charge in [0.1, 0.15) is 12.4 Å². The smallest absolute Gasteiger partial charge is 0.123 e. The van der Waals surface area contributed by atoms with Crippen LogP contribution in [0, 0.1) is 6.92 Å². The van der Waals surface area contributed by atoms with Crippen LogP contribution in [-0.4, -0.2) is 11.7 Å². The summed E-state index contributed by atoms with van der Waals surface area (Å²) in [5.74, 6) is 0.765. The lowest BCUT2D eigenvalue weighted by atomic mass is 10.1. The minimum Gasteiger partial charge on any atom is -0.488 e. The molecule has 1 aromatic carbocycles. The minimum absolute atomic E-state index is 0.302. The number of hydrogen-bond acceptors (Lipinski definition) is 2. The van der Waals surface area contributed by atoms with Crippen molar-refractivity contribution in [2.24, 2.45) is 0 Å². The van der Waals surface area contributed by atoms with Gasteiger partial charge in [-0.2, -0.15) is 0 Å². The van der Waals surface area contributed by atoms with Crippen LogP contribution in [0.15, 0.2) is 29.8 Å². The number of hydrogen-bond donors (Lipinski definition) is 1. The molecule has 1 aromatic rings. The Balaban J connectivity index is 2.79. The molecule has 82 valence electrons. The van der Waals surface area contributed by atoms with Crippen molar-refractivity contribution in [3.8, 4) is 5.75 Å². The van der Waals surface area contributed by atoms with Gasteiger partial charge >= 0.3 is 0 Å². The molecule has 0 heterocycles. The van der Waals surface area contributed by atoms with Crippen LogP contribution in [-0.2, 0) is 0 Å². The number of aliphatic hydroxyl groups excluding tert-OH is 1. The summed E-state index contributed by atoms with van der Waals surface area (Å²) in [6.45, 7) is 7.51. The molecule has 0 fully saturated rings. The van der Waals surface area contributed by atoms with E-state index in [9.17, 15) is 5.11 Å². The molecule has 0 aliphatic heterocycles. The van der Waals surface area contributed by atoms with Gasteiger partial charge in [0.05, 0.1) is 6.10 Å². The van der Waals surface area contributed by atoms with Crippen molar-refractivity contribution in [3.63, 3.8) is 0 Å². The molecule has 0 saturated heterocycles. The van der Waals surface area contributed by atoms with Crippen LogP contribution >= 0.6 is 11.6 Å². The third-order valence-corrected chi connectivity index (χ3v) is 2.17. The Bertz CT molecular complexity index is 359. The summed E-state index contributed by atoms with van der Waals surface area (Å²) < 4.78 is 5.42. The van der Waals surface area contributed by atoms with E-state index in [1.807, 2.05) is 25.1 Å². The highest BCUT2D eigenvalue weighted by Gasteiger charge is 2.05. The molecule has 1 atom stereocenters. The Kier molecular flexibility index (Phi) is 4.18. The molecule has 0 aromatic heterocycles. The highest BCUT2D eigenvalue weighted by atomic mass is 35.5. The molecule has 15 heavy (non-hydrogen) atoms. The molecule has 0 amide bonds. The zero-order valence-corrected chi connectivity index (χ0v) is 9.71. The molecule has 1 rings (SSSR count). The van der Waals surface area contributed by atoms with E-state index in [0.29, 0.717) is 11.6 Å². The molecular weight excluding hydrogens is 212 g/mol. The lowest BCUT2D eigenvalue weighted by molar-refractivity contribution is 0.199. The molecule has 3 heteroatoms. The van der Waals surface area contributed by atoms with E-state index in [4.69, 9.17) is 16.3 Å². The van der Waals surface area contributed by atoms with Gasteiger partial charge in [-0.15, -0.1) is 0 Å². The first-order valence-corrected chi connectivity index (χ1v) is 5.13. The molecule has 0 radical (unpaired) electrons. The summed E-state index contributed by atoms with van der Waals surface area (Å²) in [4.78, 5) is 0. The van der Waals surface area contributed by atoms with Gasteiger partial charge in [0.2, 0.25) is 0 Å². The standard InChI is InChI=1S/C12H15ClO2/c1-8-6-11(10(3)14)4-5-12(8)15-7-9(2)13/h4-6,10,14H,2,7H2,1,3H3/t10-/m1/s1. The highest BCUT2D eigenvalue weighted by molar-refractivity contribution is 6.29. The van der Waals surface area contributed by atoms with Gasteiger partial charge in [0.15, 0.2) is 0 Å². The van der Waals surface area contributed by atoms with E-state index in [1.54, 1.807) is 6.92 Å². The highest BCUT2D eigenvalue weighted by Crippen LogP contribution is 2.23. The zero-order valence-electron chi connectivity index (χ0n) is 8.96. The summed E-state index contributed by atoms with van der Waals surface area (Å²) in [7, 11) is 0. The minimum atomic E-state index is -0.458. The van der Waals surface area contributed by atoms with E-state index in [-0.39, 0.29) is 0 Å². The quantitative estimate of drug-likeness (QED) is 0.855. The maximum atomic E-state index is 9.38. The zero-order chi connectivity index (χ0) is 11.4. The monoisotopic (exact) mass is 226 g/mol. The Hall–Kier alpha value is -0.990. The van der Waals surface area contributed by atoms with E-state index in [1.165, 1.54) is 0 Å². The average Bonchev–Trinajstić information content (AvgIpc) is 2.15. The lowest BCUT2D eigenvalue weighted by Crippen LogP contribution is -1.99. The predicted molar refractivity (Wildman–Crippen MR) is 62.3 cm³/mol. The van der Waals surface area contributed by atoms with E-state index in [2.05, 4.69) is 6.58 Å². The number of aryl methyl sites for hydroxylation is 1. The fraction of sp³-hybridized carbons (Fsp3) is 0.333. The van der Waals surface area contributed by atoms with Gasteiger partial charge in [0, 0.05) is 5.03 Å². The summed E-state index contributed by atoms with van der Waals surface area (Å²) in [6, 6.07) is 5.57. The first kappa shape index (κ1) is 12.1. The van der Waals surface area contributed by atoms with Gasteiger partial charge in [-0.05, 0) is 37.1 Å². The summed E-state index contributed by atoms with van der Waals surface area (Å²) in [5.41, 5.74) is 1.86. The summed E-state index contributed by atoms with van der Waals surface area (Å²) in [5, 5.41) is 9.85. The van der Waals surface area contributed by atoms with Gasteiger partial charge in [-0.3, -0.25) is 0 Å². The van der Waals surface area contributed by atoms with Crippen LogP contribution in [0.3, 0.4) is 0 Å². The maximum Gasteiger partial charge on any atom is 0.123 e. The van der Waals surface area contributed by atoms with Gasteiger partial charge in [-0.25, -0.2) is 0 Å². The molecule has 0 unspecified atom stereocenters. The van der Waals surface area contributed by atoms with Gasteiger partial charge < -0.3 is 9.84 Å². The first-order valence-electron chi connectivity index (χ1n) is 4.75. The number of benzene rings is 1. The number of ether oxygens (including phenoxy) is 1. The summed E-state index contributed by atoms with van der Waals surface area (Å²) in [6.07, 6.45) is -0.458. The van der Waals surface area contributed by atoms with E-state index in [0.717, 1.165) is 16.9 Å². The predicted octanol–water partition coefficient (Wildman–Crippen LogP) is 3.18.